The smallest absolute Gasteiger partial charge is 0.189 e. The Labute approximate surface area is 199 Å². The van der Waals surface area contributed by atoms with Gasteiger partial charge in [0.1, 0.15) is 5.54 Å². The van der Waals surface area contributed by atoms with E-state index in [1.807, 2.05) is 54.6 Å². The molecule has 3 aliphatic rings. The molecule has 34 heavy (non-hydrogen) atoms. The van der Waals surface area contributed by atoms with Crippen molar-refractivity contribution in [3.63, 3.8) is 0 Å². The van der Waals surface area contributed by atoms with E-state index in [4.69, 9.17) is 0 Å². The SMILES string of the molecule is O=C(c1ccccc1)C1C(c2ccccc2)C2CCCN2C12C(=O)c1cccc3cccc2c13. The summed E-state index contributed by atoms with van der Waals surface area (Å²) in [5, 5.41) is 2.10. The average Bonchev–Trinajstić information content (AvgIpc) is 3.55. The van der Waals surface area contributed by atoms with Crippen molar-refractivity contribution in [2.75, 3.05) is 6.54 Å². The number of nitrogens with zero attached hydrogens (tertiary/aromatic N) is 1. The van der Waals surface area contributed by atoms with Gasteiger partial charge in [0, 0.05) is 23.1 Å². The van der Waals surface area contributed by atoms with E-state index in [1.165, 1.54) is 0 Å². The van der Waals surface area contributed by atoms with Crippen molar-refractivity contribution in [1.29, 1.82) is 0 Å². The monoisotopic (exact) mass is 443 g/mol. The van der Waals surface area contributed by atoms with Crippen LogP contribution in [-0.4, -0.2) is 29.1 Å². The maximum Gasteiger partial charge on any atom is 0.189 e. The van der Waals surface area contributed by atoms with Crippen LogP contribution in [0.4, 0.5) is 0 Å². The van der Waals surface area contributed by atoms with E-state index in [-0.39, 0.29) is 23.5 Å². The van der Waals surface area contributed by atoms with Crippen LogP contribution in [0.1, 0.15) is 50.6 Å². The predicted octanol–water partition coefficient (Wildman–Crippen LogP) is 5.99. The van der Waals surface area contributed by atoms with Crippen LogP contribution in [0.3, 0.4) is 0 Å². The van der Waals surface area contributed by atoms with E-state index in [1.54, 1.807) is 0 Å². The number of fused-ring (bicyclic) bond motifs is 3. The molecule has 7 rings (SSSR count). The summed E-state index contributed by atoms with van der Waals surface area (Å²) in [6, 6.07) is 32.3. The van der Waals surface area contributed by atoms with Gasteiger partial charge in [0.25, 0.3) is 0 Å². The molecule has 0 bridgehead atoms. The lowest BCUT2D eigenvalue weighted by Crippen LogP contribution is -2.51. The third-order valence-electron chi connectivity index (χ3n) is 8.41. The molecule has 3 heteroatoms. The van der Waals surface area contributed by atoms with Crippen LogP contribution in [0.15, 0.2) is 97.1 Å². The van der Waals surface area contributed by atoms with Gasteiger partial charge < -0.3 is 0 Å². The molecular weight excluding hydrogens is 418 g/mol. The van der Waals surface area contributed by atoms with Crippen LogP contribution in [0, 0.1) is 5.92 Å². The average molecular weight is 444 g/mol. The second-order valence-electron chi connectivity index (χ2n) is 9.85. The van der Waals surface area contributed by atoms with Crippen LogP contribution in [0.25, 0.3) is 10.8 Å². The van der Waals surface area contributed by atoms with Crippen LogP contribution >= 0.6 is 0 Å². The van der Waals surface area contributed by atoms with Gasteiger partial charge in [-0.3, -0.25) is 14.5 Å². The second kappa shape index (κ2) is 7.22. The van der Waals surface area contributed by atoms with Crippen molar-refractivity contribution in [3.05, 3.63) is 119 Å². The van der Waals surface area contributed by atoms with Crippen LogP contribution < -0.4 is 0 Å². The van der Waals surface area contributed by atoms with Crippen molar-refractivity contribution >= 4 is 22.3 Å². The minimum atomic E-state index is -0.961. The van der Waals surface area contributed by atoms with Gasteiger partial charge in [-0.1, -0.05) is 97.1 Å². The van der Waals surface area contributed by atoms with E-state index in [0.717, 1.165) is 46.8 Å². The van der Waals surface area contributed by atoms with E-state index in [0.29, 0.717) is 5.56 Å². The molecular formula is C31H25NO2. The van der Waals surface area contributed by atoms with Crippen molar-refractivity contribution in [3.8, 4) is 0 Å². The fourth-order valence-electron chi connectivity index (χ4n) is 7.26. The Bertz CT molecular complexity index is 1440. The lowest BCUT2D eigenvalue weighted by molar-refractivity contribution is 0.0519. The van der Waals surface area contributed by atoms with Gasteiger partial charge in [-0.05, 0) is 41.3 Å². The summed E-state index contributed by atoms with van der Waals surface area (Å²) in [5.41, 5.74) is 2.66. The maximum atomic E-state index is 14.6. The third-order valence-corrected chi connectivity index (χ3v) is 8.41. The summed E-state index contributed by atoms with van der Waals surface area (Å²) in [5.74, 6) is -0.348. The lowest BCUT2D eigenvalue weighted by Gasteiger charge is -2.38. The molecule has 166 valence electrons. The normalized spacial score (nSPS) is 27.5. The second-order valence-corrected chi connectivity index (χ2v) is 9.85. The molecule has 4 unspecified atom stereocenters. The first-order chi connectivity index (χ1) is 16.7. The minimum absolute atomic E-state index is 0.0371. The molecule has 1 spiro atoms. The number of Topliss-reactive ketones (excluding diaryl/α,β-unsaturated/α-hetero) is 2. The van der Waals surface area contributed by atoms with Gasteiger partial charge in [0.15, 0.2) is 11.6 Å². The van der Waals surface area contributed by atoms with Crippen LogP contribution in [0.5, 0.6) is 0 Å². The fraction of sp³-hybridized carbons (Fsp3) is 0.226. The molecule has 1 aliphatic carbocycles. The van der Waals surface area contributed by atoms with E-state index >= 15 is 0 Å². The van der Waals surface area contributed by atoms with Crippen molar-refractivity contribution in [1.82, 2.24) is 4.90 Å². The highest BCUT2D eigenvalue weighted by atomic mass is 16.1. The molecule has 2 aliphatic heterocycles. The molecule has 0 saturated carbocycles. The van der Waals surface area contributed by atoms with Gasteiger partial charge in [0.05, 0.1) is 5.92 Å². The Kier molecular flexibility index (Phi) is 4.22. The molecule has 4 atom stereocenters. The Morgan fingerprint density at radius 1 is 0.824 bits per heavy atom. The molecule has 3 nitrogen and oxygen atoms in total. The topological polar surface area (TPSA) is 37.4 Å². The maximum absolute atomic E-state index is 14.6. The van der Waals surface area contributed by atoms with Gasteiger partial charge in [-0.25, -0.2) is 0 Å². The molecule has 2 saturated heterocycles. The minimum Gasteiger partial charge on any atom is -0.294 e. The summed E-state index contributed by atoms with van der Waals surface area (Å²) >= 11 is 0. The molecule has 0 aromatic heterocycles. The summed E-state index contributed by atoms with van der Waals surface area (Å²) < 4.78 is 0. The number of hydrogen-bond acceptors (Lipinski definition) is 3. The number of rotatable bonds is 3. The number of hydrogen-bond donors (Lipinski definition) is 0. The number of ketones is 2. The van der Waals surface area contributed by atoms with Gasteiger partial charge in [0.2, 0.25) is 0 Å². The summed E-state index contributed by atoms with van der Waals surface area (Å²) in [4.78, 5) is 31.4. The molecule has 0 N–H and O–H groups in total. The zero-order chi connectivity index (χ0) is 22.9. The van der Waals surface area contributed by atoms with Crippen LogP contribution in [0.2, 0.25) is 0 Å². The lowest BCUT2D eigenvalue weighted by atomic mass is 9.68. The number of carbonyl (C=O) groups excluding carboxylic acids is 2. The molecule has 4 aromatic rings. The third kappa shape index (κ3) is 2.40. The van der Waals surface area contributed by atoms with Crippen molar-refractivity contribution in [2.24, 2.45) is 5.92 Å². The van der Waals surface area contributed by atoms with Gasteiger partial charge in [-0.2, -0.15) is 0 Å². The first-order valence-electron chi connectivity index (χ1n) is 12.2. The van der Waals surface area contributed by atoms with Gasteiger partial charge in [-0.15, -0.1) is 0 Å². The summed E-state index contributed by atoms with van der Waals surface area (Å²) in [6.07, 6.45) is 2.04. The Balaban J connectivity index is 1.55. The first-order valence-corrected chi connectivity index (χ1v) is 12.2. The quantitative estimate of drug-likeness (QED) is 0.365. The Hall–Kier alpha value is -3.56. The number of benzene rings is 4. The van der Waals surface area contributed by atoms with Crippen molar-refractivity contribution < 1.29 is 9.59 Å². The first kappa shape index (κ1) is 19.9. The van der Waals surface area contributed by atoms with E-state index in [9.17, 15) is 9.59 Å². The Morgan fingerprint density at radius 2 is 1.53 bits per heavy atom. The summed E-state index contributed by atoms with van der Waals surface area (Å²) in [7, 11) is 0. The molecule has 4 aromatic carbocycles. The molecule has 2 heterocycles. The highest BCUT2D eigenvalue weighted by Crippen LogP contribution is 2.62. The van der Waals surface area contributed by atoms with E-state index < -0.39 is 11.5 Å². The molecule has 0 radical (unpaired) electrons. The summed E-state index contributed by atoms with van der Waals surface area (Å²) in [6.45, 7) is 0.836. The predicted molar refractivity (Wildman–Crippen MR) is 133 cm³/mol. The zero-order valence-corrected chi connectivity index (χ0v) is 18.9. The number of carbonyl (C=O) groups is 2. The highest BCUT2D eigenvalue weighted by molar-refractivity contribution is 6.22. The molecule has 2 fully saturated rings. The van der Waals surface area contributed by atoms with E-state index in [2.05, 4.69) is 47.4 Å². The van der Waals surface area contributed by atoms with Crippen LogP contribution in [-0.2, 0) is 5.54 Å². The standard InChI is InChI=1S/C31H25NO2/c33-29(22-12-5-2-6-13-22)28-27(21-10-3-1-4-11-21)25-18-9-19-32(25)31(28)24-17-8-15-20-14-7-16-23(26(20)24)30(31)34/h1-8,10-17,25,27-28H,9,18-19H2. The van der Waals surface area contributed by atoms with Crippen molar-refractivity contribution in [2.45, 2.75) is 30.3 Å². The zero-order valence-electron chi connectivity index (χ0n) is 18.9. The molecule has 0 amide bonds. The Morgan fingerprint density at radius 3 is 2.29 bits per heavy atom. The fourth-order valence-corrected chi connectivity index (χ4v) is 7.26. The van der Waals surface area contributed by atoms with Gasteiger partial charge >= 0.3 is 0 Å². The highest BCUT2D eigenvalue weighted by Gasteiger charge is 2.68. The largest absolute Gasteiger partial charge is 0.294 e.